The summed E-state index contributed by atoms with van der Waals surface area (Å²) in [7, 11) is 1.63. The van der Waals surface area contributed by atoms with Crippen molar-refractivity contribution >= 4 is 11.9 Å². The maximum absolute atomic E-state index is 12.6. The lowest BCUT2D eigenvalue weighted by Crippen LogP contribution is -2.46. The number of amides is 3. The van der Waals surface area contributed by atoms with E-state index in [1.165, 1.54) is 0 Å². The number of aromatic nitrogens is 2. The van der Waals surface area contributed by atoms with Gasteiger partial charge in [0.25, 0.3) is 0 Å². The number of aryl methyl sites for hydroxylation is 1. The minimum atomic E-state index is -0.105. The molecule has 1 aromatic rings. The van der Waals surface area contributed by atoms with Crippen molar-refractivity contribution < 1.29 is 14.3 Å². The maximum atomic E-state index is 12.6. The lowest BCUT2D eigenvalue weighted by Gasteiger charge is -2.32. The van der Waals surface area contributed by atoms with E-state index >= 15 is 0 Å². The van der Waals surface area contributed by atoms with E-state index < -0.39 is 0 Å². The number of methoxy groups -OCH3 is 1. The Kier molecular flexibility index (Phi) is 7.90. The Balaban J connectivity index is 1.88. The highest BCUT2D eigenvalue weighted by Crippen LogP contribution is 2.16. The Morgan fingerprint density at radius 1 is 1.46 bits per heavy atom. The summed E-state index contributed by atoms with van der Waals surface area (Å²) in [4.78, 5) is 27.8. The summed E-state index contributed by atoms with van der Waals surface area (Å²) in [5.41, 5.74) is 0.999. The summed E-state index contributed by atoms with van der Waals surface area (Å²) in [6, 6.07) is -0.105. The summed E-state index contributed by atoms with van der Waals surface area (Å²) in [6.45, 7) is 8.06. The van der Waals surface area contributed by atoms with Crippen molar-refractivity contribution in [1.29, 1.82) is 0 Å². The first kappa shape index (κ1) is 20.2. The molecule has 1 fully saturated rings. The zero-order chi connectivity index (χ0) is 18.9. The molecule has 0 spiro atoms. The molecule has 0 unspecified atom stereocenters. The van der Waals surface area contributed by atoms with Crippen molar-refractivity contribution in [3.63, 3.8) is 0 Å². The van der Waals surface area contributed by atoms with Crippen LogP contribution in [0.4, 0.5) is 4.79 Å². The van der Waals surface area contributed by atoms with Gasteiger partial charge in [-0.05, 0) is 25.7 Å². The van der Waals surface area contributed by atoms with Gasteiger partial charge in [0.1, 0.15) is 0 Å². The fourth-order valence-electron chi connectivity index (χ4n) is 3.20. The molecule has 26 heavy (non-hydrogen) atoms. The number of ether oxygens (including phenoxy) is 1. The van der Waals surface area contributed by atoms with Crippen LogP contribution in [-0.4, -0.2) is 71.4 Å². The molecule has 2 rings (SSSR count). The highest BCUT2D eigenvalue weighted by molar-refractivity contribution is 5.74. The lowest BCUT2D eigenvalue weighted by atomic mass is 9.98. The van der Waals surface area contributed by atoms with Crippen molar-refractivity contribution in [2.45, 2.75) is 39.8 Å². The molecule has 1 aliphatic heterocycles. The molecular weight excluding hydrogens is 334 g/mol. The predicted molar refractivity (Wildman–Crippen MR) is 98.6 cm³/mol. The molecule has 146 valence electrons. The van der Waals surface area contributed by atoms with Crippen molar-refractivity contribution in [3.05, 3.63) is 18.0 Å². The Morgan fingerprint density at radius 3 is 2.92 bits per heavy atom. The number of urea groups is 1. The number of carbonyl (C=O) groups excluding carboxylic acids is 2. The number of rotatable bonds is 8. The van der Waals surface area contributed by atoms with Gasteiger partial charge >= 0.3 is 6.03 Å². The van der Waals surface area contributed by atoms with Gasteiger partial charge in [0.05, 0.1) is 19.3 Å². The van der Waals surface area contributed by atoms with Gasteiger partial charge in [-0.2, -0.15) is 5.10 Å². The maximum Gasteiger partial charge on any atom is 0.317 e. The van der Waals surface area contributed by atoms with E-state index in [2.05, 4.69) is 10.4 Å². The molecule has 1 atom stereocenters. The molecule has 0 bridgehead atoms. The van der Waals surface area contributed by atoms with Crippen molar-refractivity contribution in [1.82, 2.24) is 24.9 Å². The number of hydrogen-bond donors (Lipinski definition) is 1. The van der Waals surface area contributed by atoms with Crippen LogP contribution in [0.5, 0.6) is 0 Å². The van der Waals surface area contributed by atoms with E-state index in [0.717, 1.165) is 38.0 Å². The fourth-order valence-corrected chi connectivity index (χ4v) is 3.20. The third-order valence-corrected chi connectivity index (χ3v) is 4.74. The number of nitrogens with zero attached hydrogens (tertiary/aromatic N) is 4. The highest BCUT2D eigenvalue weighted by Gasteiger charge is 2.23. The highest BCUT2D eigenvalue weighted by atomic mass is 16.5. The fraction of sp³-hybridized carbons (Fsp3) is 0.722. The smallest absolute Gasteiger partial charge is 0.317 e. The first-order chi connectivity index (χ1) is 12.5. The first-order valence-corrected chi connectivity index (χ1v) is 9.32. The molecule has 1 aliphatic rings. The number of nitrogens with one attached hydrogen (secondary N) is 1. The molecule has 1 saturated heterocycles. The summed E-state index contributed by atoms with van der Waals surface area (Å²) in [5, 5.41) is 7.29. The first-order valence-electron chi connectivity index (χ1n) is 9.32. The molecule has 0 saturated carbocycles. The van der Waals surface area contributed by atoms with Crippen LogP contribution in [0.15, 0.2) is 12.4 Å². The number of likely N-dealkylation sites (tertiary alicyclic amines) is 1. The average Bonchev–Trinajstić information content (AvgIpc) is 3.11. The van der Waals surface area contributed by atoms with E-state index in [1.54, 1.807) is 25.1 Å². The van der Waals surface area contributed by atoms with Crippen LogP contribution in [-0.2, 0) is 22.6 Å². The lowest BCUT2D eigenvalue weighted by molar-refractivity contribution is -0.130. The van der Waals surface area contributed by atoms with Crippen LogP contribution in [0.1, 0.15) is 32.3 Å². The van der Waals surface area contributed by atoms with Gasteiger partial charge in [0.2, 0.25) is 5.91 Å². The molecule has 0 aromatic carbocycles. The van der Waals surface area contributed by atoms with Crippen LogP contribution < -0.4 is 5.32 Å². The number of hydrogen-bond acceptors (Lipinski definition) is 4. The largest absolute Gasteiger partial charge is 0.383 e. The molecular formula is C18H31N5O3. The monoisotopic (exact) mass is 365 g/mol. The Morgan fingerprint density at radius 2 is 2.27 bits per heavy atom. The van der Waals surface area contributed by atoms with Crippen LogP contribution in [0.3, 0.4) is 0 Å². The Hall–Kier alpha value is -2.09. The van der Waals surface area contributed by atoms with Gasteiger partial charge in [0, 0.05) is 58.5 Å². The van der Waals surface area contributed by atoms with Gasteiger partial charge in [-0.15, -0.1) is 0 Å². The Labute approximate surface area is 155 Å². The standard InChI is InChI=1S/C18H31N5O3/c1-4-23-14-17(11-20-23)13-22(8-9-26-3)18(25)19-10-16-6-5-7-21(12-16)15(2)24/h11,14,16H,4-10,12-13H2,1-3H3,(H,19,25)/t16-/m1/s1. The molecule has 3 amide bonds. The minimum absolute atomic E-state index is 0.105. The predicted octanol–water partition coefficient (Wildman–Crippen LogP) is 1.32. The normalized spacial score (nSPS) is 17.2. The van der Waals surface area contributed by atoms with Gasteiger partial charge in [-0.25, -0.2) is 4.79 Å². The molecule has 1 N–H and O–H groups in total. The van der Waals surface area contributed by atoms with E-state index in [0.29, 0.717) is 32.2 Å². The molecule has 0 aliphatic carbocycles. The molecule has 8 heteroatoms. The molecule has 8 nitrogen and oxygen atoms in total. The van der Waals surface area contributed by atoms with Gasteiger partial charge in [-0.3, -0.25) is 9.48 Å². The summed E-state index contributed by atoms with van der Waals surface area (Å²) < 4.78 is 6.98. The SMILES string of the molecule is CCn1cc(CN(CCOC)C(=O)NC[C@H]2CCCN(C(C)=O)C2)cn1. The third-order valence-electron chi connectivity index (χ3n) is 4.74. The molecule has 2 heterocycles. The van der Waals surface area contributed by atoms with E-state index in [4.69, 9.17) is 4.74 Å². The van der Waals surface area contributed by atoms with Crippen LogP contribution in [0, 0.1) is 5.92 Å². The second kappa shape index (κ2) is 10.2. The van der Waals surface area contributed by atoms with Crippen LogP contribution in [0.25, 0.3) is 0 Å². The van der Waals surface area contributed by atoms with Gasteiger partial charge in [0.15, 0.2) is 0 Å². The van der Waals surface area contributed by atoms with E-state index in [-0.39, 0.29) is 11.9 Å². The zero-order valence-corrected chi connectivity index (χ0v) is 16.1. The van der Waals surface area contributed by atoms with Crippen molar-refractivity contribution in [3.8, 4) is 0 Å². The van der Waals surface area contributed by atoms with Gasteiger partial charge < -0.3 is 19.9 Å². The second-order valence-corrected chi connectivity index (χ2v) is 6.78. The van der Waals surface area contributed by atoms with Crippen molar-refractivity contribution in [2.75, 3.05) is 39.9 Å². The van der Waals surface area contributed by atoms with Crippen LogP contribution >= 0.6 is 0 Å². The van der Waals surface area contributed by atoms with Gasteiger partial charge in [-0.1, -0.05) is 0 Å². The number of carbonyl (C=O) groups is 2. The Bertz CT molecular complexity index is 589. The quantitative estimate of drug-likeness (QED) is 0.753. The molecule has 1 aromatic heterocycles. The summed E-state index contributed by atoms with van der Waals surface area (Å²) in [5.74, 6) is 0.416. The average molecular weight is 365 g/mol. The zero-order valence-electron chi connectivity index (χ0n) is 16.1. The second-order valence-electron chi connectivity index (χ2n) is 6.78. The summed E-state index contributed by atoms with van der Waals surface area (Å²) in [6.07, 6.45) is 5.77. The molecule has 0 radical (unpaired) electrons. The van der Waals surface area contributed by atoms with Crippen LogP contribution in [0.2, 0.25) is 0 Å². The van der Waals surface area contributed by atoms with Crippen molar-refractivity contribution in [2.24, 2.45) is 5.92 Å². The number of piperidine rings is 1. The van der Waals surface area contributed by atoms with E-state index in [9.17, 15) is 9.59 Å². The summed E-state index contributed by atoms with van der Waals surface area (Å²) >= 11 is 0. The minimum Gasteiger partial charge on any atom is -0.383 e. The topological polar surface area (TPSA) is 79.7 Å². The van der Waals surface area contributed by atoms with E-state index in [1.807, 2.05) is 22.7 Å². The third kappa shape index (κ3) is 6.01.